The Kier molecular flexibility index (Phi) is 5.09. The van der Waals surface area contributed by atoms with E-state index in [1.807, 2.05) is 11.4 Å². The number of aryl methyl sites for hydroxylation is 1. The quantitative estimate of drug-likeness (QED) is 0.835. The van der Waals surface area contributed by atoms with Gasteiger partial charge in [0.2, 0.25) is 0 Å². The van der Waals surface area contributed by atoms with Crippen molar-refractivity contribution in [3.05, 3.63) is 18.1 Å². The lowest BCUT2D eigenvalue weighted by Crippen LogP contribution is -2.46. The average molecular weight is 358 g/mol. The molecule has 2 atom stereocenters. The molecule has 2 aliphatic rings. The zero-order valence-corrected chi connectivity index (χ0v) is 16.1. The molecule has 142 valence electrons. The summed E-state index contributed by atoms with van der Waals surface area (Å²) in [5, 5.41) is 4.35. The van der Waals surface area contributed by atoms with Gasteiger partial charge in [-0.3, -0.25) is 4.90 Å². The molecule has 0 N–H and O–H groups in total. The van der Waals surface area contributed by atoms with E-state index < -0.39 is 0 Å². The molecule has 4 rings (SSSR count). The van der Waals surface area contributed by atoms with Crippen molar-refractivity contribution >= 4 is 11.6 Å². The van der Waals surface area contributed by atoms with Crippen molar-refractivity contribution in [2.45, 2.75) is 52.2 Å². The first-order chi connectivity index (χ1) is 12.6. The maximum absolute atomic E-state index is 5.84. The highest BCUT2D eigenvalue weighted by molar-refractivity contribution is 5.47. The predicted octanol–water partition coefficient (Wildman–Crippen LogP) is 2.15. The molecule has 2 unspecified atom stereocenters. The third-order valence-electron chi connectivity index (χ3n) is 5.65. The highest BCUT2D eigenvalue weighted by Gasteiger charge is 2.25. The second-order valence-electron chi connectivity index (χ2n) is 7.96. The minimum Gasteiger partial charge on any atom is -0.373 e. The van der Waals surface area contributed by atoms with E-state index in [0.29, 0.717) is 18.0 Å². The molecule has 0 saturated carbocycles. The molecule has 0 bridgehead atoms. The molecule has 0 aromatic carbocycles. The molecule has 7 nitrogen and oxygen atoms in total. The molecule has 7 heteroatoms. The van der Waals surface area contributed by atoms with E-state index in [1.54, 1.807) is 6.33 Å². The van der Waals surface area contributed by atoms with Gasteiger partial charge in [0, 0.05) is 37.9 Å². The molecule has 0 radical (unpaired) electrons. The van der Waals surface area contributed by atoms with E-state index >= 15 is 0 Å². The van der Waals surface area contributed by atoms with Crippen LogP contribution in [0.1, 0.15) is 38.8 Å². The van der Waals surface area contributed by atoms with Gasteiger partial charge in [-0.05, 0) is 52.5 Å². The second-order valence-corrected chi connectivity index (χ2v) is 7.96. The summed E-state index contributed by atoms with van der Waals surface area (Å²) in [5.41, 5.74) is 0.998. The van der Waals surface area contributed by atoms with Crippen LogP contribution in [-0.2, 0) is 4.74 Å². The first-order valence-electron chi connectivity index (χ1n) is 9.88. The lowest BCUT2D eigenvalue weighted by Gasteiger charge is -2.37. The fourth-order valence-electron chi connectivity index (χ4n) is 4.42. The molecule has 0 amide bonds. The number of aromatic nitrogens is 4. The van der Waals surface area contributed by atoms with E-state index in [9.17, 15) is 0 Å². The number of anilines is 1. The summed E-state index contributed by atoms with van der Waals surface area (Å²) in [7, 11) is 0. The Hall–Kier alpha value is -1.73. The van der Waals surface area contributed by atoms with Crippen LogP contribution >= 0.6 is 0 Å². The number of nitrogens with zero attached hydrogens (tertiary/aromatic N) is 6. The molecule has 2 aromatic rings. The molecule has 2 saturated heterocycles. The maximum Gasteiger partial charge on any atom is 0.254 e. The third kappa shape index (κ3) is 3.83. The topological polar surface area (TPSA) is 58.8 Å². The number of fused-ring (bicyclic) bond motifs is 1. The van der Waals surface area contributed by atoms with Gasteiger partial charge in [-0.15, -0.1) is 0 Å². The third-order valence-corrected chi connectivity index (χ3v) is 5.65. The molecule has 26 heavy (non-hydrogen) atoms. The average Bonchev–Trinajstić information content (AvgIpc) is 3.07. The van der Waals surface area contributed by atoms with Crippen molar-refractivity contribution in [2.75, 3.05) is 37.6 Å². The number of piperidine rings is 1. The van der Waals surface area contributed by atoms with Gasteiger partial charge in [0.15, 0.2) is 0 Å². The van der Waals surface area contributed by atoms with Gasteiger partial charge in [-0.1, -0.05) is 0 Å². The van der Waals surface area contributed by atoms with Gasteiger partial charge in [0.05, 0.1) is 12.2 Å². The molecule has 2 aromatic heterocycles. The summed E-state index contributed by atoms with van der Waals surface area (Å²) in [5.74, 6) is 2.63. The summed E-state index contributed by atoms with van der Waals surface area (Å²) < 4.78 is 7.71. The molecule has 2 fully saturated rings. The van der Waals surface area contributed by atoms with Crippen LogP contribution < -0.4 is 4.90 Å². The standard InChI is InChI=1S/C19H30N6O/c1-14-10-18(25-19(22-14)20-13-21-25)24-8-5-17(6-9-24)4-7-23-11-15(2)26-16(3)12-23/h10,13,15-17H,4-9,11-12H2,1-3H3. The van der Waals surface area contributed by atoms with Gasteiger partial charge in [0.25, 0.3) is 5.78 Å². The number of morpholine rings is 1. The maximum atomic E-state index is 5.84. The minimum absolute atomic E-state index is 0.362. The Labute approximate surface area is 155 Å². The van der Waals surface area contributed by atoms with Crippen LogP contribution in [0.25, 0.3) is 5.78 Å². The van der Waals surface area contributed by atoms with Crippen LogP contribution in [0.4, 0.5) is 5.82 Å². The van der Waals surface area contributed by atoms with Crippen LogP contribution in [0.5, 0.6) is 0 Å². The summed E-state index contributed by atoms with van der Waals surface area (Å²) in [6.07, 6.45) is 6.09. The fraction of sp³-hybridized carbons (Fsp3) is 0.737. The van der Waals surface area contributed by atoms with Crippen molar-refractivity contribution < 1.29 is 4.74 Å². The zero-order chi connectivity index (χ0) is 18.1. The molecular weight excluding hydrogens is 328 g/mol. The summed E-state index contributed by atoms with van der Waals surface area (Å²) >= 11 is 0. The molecule has 0 spiro atoms. The van der Waals surface area contributed by atoms with Crippen molar-refractivity contribution in [1.82, 2.24) is 24.5 Å². The minimum atomic E-state index is 0.362. The monoisotopic (exact) mass is 358 g/mol. The van der Waals surface area contributed by atoms with Crippen LogP contribution in [0.2, 0.25) is 0 Å². The van der Waals surface area contributed by atoms with Gasteiger partial charge < -0.3 is 9.64 Å². The summed E-state index contributed by atoms with van der Waals surface area (Å²) in [4.78, 5) is 13.7. The summed E-state index contributed by atoms with van der Waals surface area (Å²) in [6.45, 7) is 11.9. The lowest BCUT2D eigenvalue weighted by atomic mass is 9.93. The molecular formula is C19H30N6O. The van der Waals surface area contributed by atoms with E-state index in [-0.39, 0.29) is 0 Å². The van der Waals surface area contributed by atoms with E-state index in [4.69, 9.17) is 4.74 Å². The van der Waals surface area contributed by atoms with E-state index in [2.05, 4.69) is 44.8 Å². The Balaban J connectivity index is 1.32. The number of hydrogen-bond acceptors (Lipinski definition) is 6. The largest absolute Gasteiger partial charge is 0.373 e. The van der Waals surface area contributed by atoms with E-state index in [0.717, 1.165) is 43.6 Å². The van der Waals surface area contributed by atoms with Gasteiger partial charge in [-0.2, -0.15) is 14.6 Å². The Morgan fingerprint density at radius 2 is 1.88 bits per heavy atom. The van der Waals surface area contributed by atoms with Crippen LogP contribution in [0.15, 0.2) is 12.4 Å². The Morgan fingerprint density at radius 1 is 1.15 bits per heavy atom. The second kappa shape index (κ2) is 7.48. The smallest absolute Gasteiger partial charge is 0.254 e. The number of rotatable bonds is 4. The predicted molar refractivity (Wildman–Crippen MR) is 102 cm³/mol. The zero-order valence-electron chi connectivity index (χ0n) is 16.1. The first kappa shape index (κ1) is 17.7. The van der Waals surface area contributed by atoms with Crippen LogP contribution in [0, 0.1) is 12.8 Å². The Bertz CT molecular complexity index is 729. The van der Waals surface area contributed by atoms with Gasteiger partial charge >= 0.3 is 0 Å². The highest BCUT2D eigenvalue weighted by atomic mass is 16.5. The van der Waals surface area contributed by atoms with E-state index in [1.165, 1.54) is 25.8 Å². The number of hydrogen-bond donors (Lipinski definition) is 0. The van der Waals surface area contributed by atoms with Crippen molar-refractivity contribution in [2.24, 2.45) is 5.92 Å². The SMILES string of the molecule is Cc1cc(N2CCC(CCN3CC(C)OC(C)C3)CC2)n2ncnc2n1. The first-order valence-corrected chi connectivity index (χ1v) is 9.88. The van der Waals surface area contributed by atoms with Crippen LogP contribution in [-0.4, -0.2) is 69.4 Å². The fourth-order valence-corrected chi connectivity index (χ4v) is 4.42. The molecule has 2 aliphatic heterocycles. The Morgan fingerprint density at radius 3 is 2.62 bits per heavy atom. The van der Waals surface area contributed by atoms with Gasteiger partial charge in [0.1, 0.15) is 12.1 Å². The molecule has 0 aliphatic carbocycles. The van der Waals surface area contributed by atoms with Crippen molar-refractivity contribution in [3.8, 4) is 0 Å². The normalized spacial score (nSPS) is 25.9. The number of ether oxygens (including phenoxy) is 1. The summed E-state index contributed by atoms with van der Waals surface area (Å²) in [6, 6.07) is 2.12. The van der Waals surface area contributed by atoms with Crippen molar-refractivity contribution in [1.29, 1.82) is 0 Å². The lowest BCUT2D eigenvalue weighted by molar-refractivity contribution is -0.0690. The highest BCUT2D eigenvalue weighted by Crippen LogP contribution is 2.26. The van der Waals surface area contributed by atoms with Crippen molar-refractivity contribution in [3.63, 3.8) is 0 Å². The van der Waals surface area contributed by atoms with Gasteiger partial charge in [-0.25, -0.2) is 4.98 Å². The molecule has 4 heterocycles. The van der Waals surface area contributed by atoms with Crippen LogP contribution in [0.3, 0.4) is 0 Å².